The maximum atomic E-state index is 11.1. The largest absolute Gasteiger partial charge is 0.417 e. The van der Waals surface area contributed by atoms with Crippen LogP contribution in [0.5, 0.6) is 0 Å². The molecule has 0 fully saturated rings. The van der Waals surface area contributed by atoms with E-state index in [1.165, 1.54) is 0 Å². The lowest BCUT2D eigenvalue weighted by molar-refractivity contribution is 0.555. The van der Waals surface area contributed by atoms with E-state index in [9.17, 15) is 4.79 Å². The highest BCUT2D eigenvalue weighted by atomic mass is 79.9. The van der Waals surface area contributed by atoms with Crippen LogP contribution in [-0.2, 0) is 0 Å². The highest BCUT2D eigenvalue weighted by Gasteiger charge is 2.04. The molecule has 0 aliphatic carbocycles. The third-order valence-corrected chi connectivity index (χ3v) is 3.20. The third kappa shape index (κ3) is 2.34. The van der Waals surface area contributed by atoms with Gasteiger partial charge in [0.2, 0.25) is 0 Å². The van der Waals surface area contributed by atoms with E-state index in [0.717, 1.165) is 15.8 Å². The number of rotatable bonds is 2. The Bertz CT molecular complexity index is 807. The number of H-pyrrole nitrogens is 1. The lowest BCUT2D eigenvalue weighted by Gasteiger charge is -2.09. The molecular weight excluding hydrogens is 310 g/mol. The second-order valence-corrected chi connectivity index (χ2v) is 5.00. The summed E-state index contributed by atoms with van der Waals surface area (Å²) < 4.78 is 5.86. The van der Waals surface area contributed by atoms with Crippen LogP contribution in [0.1, 0.15) is 0 Å². The minimum atomic E-state index is -0.463. The number of nitrogen functional groups attached to an aromatic ring is 1. The van der Waals surface area contributed by atoms with Gasteiger partial charge in [-0.15, -0.1) is 0 Å². The van der Waals surface area contributed by atoms with E-state index in [0.29, 0.717) is 16.8 Å². The summed E-state index contributed by atoms with van der Waals surface area (Å²) >= 11 is 3.36. The Kier molecular flexibility index (Phi) is 2.79. The Hall–Kier alpha value is -2.21. The van der Waals surface area contributed by atoms with E-state index in [1.807, 2.05) is 24.3 Å². The summed E-state index contributed by atoms with van der Waals surface area (Å²) in [5.74, 6) is -0.463. The van der Waals surface area contributed by atoms with Crippen molar-refractivity contribution in [3.8, 4) is 0 Å². The van der Waals surface area contributed by atoms with E-state index in [2.05, 4.69) is 26.2 Å². The number of hydrogen-bond acceptors (Lipinski definition) is 4. The molecule has 0 unspecified atom stereocenters. The minimum absolute atomic E-state index is 0.463. The van der Waals surface area contributed by atoms with Crippen LogP contribution in [-0.4, -0.2) is 4.98 Å². The smallest absolute Gasteiger partial charge is 0.408 e. The van der Waals surface area contributed by atoms with E-state index in [1.54, 1.807) is 12.1 Å². The number of anilines is 3. The Morgan fingerprint density at radius 3 is 2.84 bits per heavy atom. The molecule has 1 aromatic heterocycles. The summed E-state index contributed by atoms with van der Waals surface area (Å²) in [6.07, 6.45) is 0. The van der Waals surface area contributed by atoms with Crippen molar-refractivity contribution in [3.63, 3.8) is 0 Å². The van der Waals surface area contributed by atoms with E-state index in [4.69, 9.17) is 10.2 Å². The first-order valence-electron chi connectivity index (χ1n) is 5.57. The highest BCUT2D eigenvalue weighted by molar-refractivity contribution is 9.10. The molecule has 0 atom stereocenters. The van der Waals surface area contributed by atoms with Gasteiger partial charge in [-0.2, -0.15) is 0 Å². The molecule has 0 radical (unpaired) electrons. The first-order valence-corrected chi connectivity index (χ1v) is 6.36. The van der Waals surface area contributed by atoms with Crippen molar-refractivity contribution in [2.75, 3.05) is 11.1 Å². The first-order chi connectivity index (χ1) is 9.11. The van der Waals surface area contributed by atoms with E-state index in [-0.39, 0.29) is 0 Å². The number of benzene rings is 2. The quantitative estimate of drug-likeness (QED) is 0.633. The summed E-state index contributed by atoms with van der Waals surface area (Å²) in [4.78, 5) is 13.7. The zero-order valence-electron chi connectivity index (χ0n) is 9.74. The van der Waals surface area contributed by atoms with Gasteiger partial charge >= 0.3 is 5.76 Å². The molecule has 6 heteroatoms. The molecule has 5 nitrogen and oxygen atoms in total. The van der Waals surface area contributed by atoms with Crippen molar-refractivity contribution in [1.82, 2.24) is 4.98 Å². The summed E-state index contributed by atoms with van der Waals surface area (Å²) in [6.45, 7) is 0. The molecule has 3 aromatic rings. The third-order valence-electron chi connectivity index (χ3n) is 2.71. The van der Waals surface area contributed by atoms with Gasteiger partial charge < -0.3 is 15.5 Å². The molecule has 96 valence electrons. The molecule has 19 heavy (non-hydrogen) atoms. The molecule has 0 aliphatic rings. The second kappa shape index (κ2) is 4.47. The van der Waals surface area contributed by atoms with Gasteiger partial charge in [-0.25, -0.2) is 4.79 Å². The first kappa shape index (κ1) is 11.9. The number of hydrogen-bond donors (Lipinski definition) is 3. The van der Waals surface area contributed by atoms with Crippen molar-refractivity contribution < 1.29 is 4.42 Å². The molecule has 0 aliphatic heterocycles. The Labute approximate surface area is 116 Å². The number of aromatic amines is 1. The Morgan fingerprint density at radius 1 is 1.21 bits per heavy atom. The number of halogens is 1. The SMILES string of the molecule is Nc1cc(Br)ccc1Nc1ccc2oc(=O)[nH]c2c1. The molecule has 0 spiro atoms. The zero-order chi connectivity index (χ0) is 13.4. The van der Waals surface area contributed by atoms with Gasteiger partial charge in [-0.1, -0.05) is 15.9 Å². The minimum Gasteiger partial charge on any atom is -0.408 e. The van der Waals surface area contributed by atoms with Crippen LogP contribution in [0.2, 0.25) is 0 Å². The second-order valence-electron chi connectivity index (χ2n) is 4.08. The highest BCUT2D eigenvalue weighted by Crippen LogP contribution is 2.27. The molecular formula is C13H10BrN3O2. The molecule has 0 bridgehead atoms. The number of fused-ring (bicyclic) bond motifs is 1. The topological polar surface area (TPSA) is 84.0 Å². The van der Waals surface area contributed by atoms with Crippen molar-refractivity contribution in [3.05, 3.63) is 51.4 Å². The molecule has 3 rings (SSSR count). The molecule has 2 aromatic carbocycles. The number of oxazole rings is 1. The van der Waals surface area contributed by atoms with Gasteiger partial charge in [-0.3, -0.25) is 4.98 Å². The summed E-state index contributed by atoms with van der Waals surface area (Å²) in [7, 11) is 0. The van der Waals surface area contributed by atoms with Crippen LogP contribution in [0.3, 0.4) is 0 Å². The maximum Gasteiger partial charge on any atom is 0.417 e. The average Bonchev–Trinajstić information content (AvgIpc) is 2.72. The fourth-order valence-corrected chi connectivity index (χ4v) is 2.21. The van der Waals surface area contributed by atoms with Gasteiger partial charge in [0, 0.05) is 10.2 Å². The molecule has 0 saturated carbocycles. The average molecular weight is 320 g/mol. The van der Waals surface area contributed by atoms with Crippen LogP contribution in [0, 0.1) is 0 Å². The van der Waals surface area contributed by atoms with Crippen molar-refractivity contribution >= 4 is 44.1 Å². The van der Waals surface area contributed by atoms with Crippen molar-refractivity contribution in [1.29, 1.82) is 0 Å². The Morgan fingerprint density at radius 2 is 2.05 bits per heavy atom. The maximum absolute atomic E-state index is 11.1. The molecule has 4 N–H and O–H groups in total. The fraction of sp³-hybridized carbons (Fsp3) is 0. The van der Waals surface area contributed by atoms with Crippen molar-refractivity contribution in [2.24, 2.45) is 0 Å². The van der Waals surface area contributed by atoms with E-state index < -0.39 is 5.76 Å². The van der Waals surface area contributed by atoms with Crippen molar-refractivity contribution in [2.45, 2.75) is 0 Å². The standard InChI is InChI=1S/C13H10BrN3O2/c14-7-1-3-10(9(15)5-7)16-8-2-4-12-11(6-8)17-13(18)19-12/h1-6,16H,15H2,(H,17,18). The summed E-state index contributed by atoms with van der Waals surface area (Å²) in [6, 6.07) is 10.9. The lowest BCUT2D eigenvalue weighted by atomic mass is 10.2. The molecule has 0 saturated heterocycles. The van der Waals surface area contributed by atoms with Gasteiger partial charge in [0.15, 0.2) is 5.58 Å². The van der Waals surface area contributed by atoms with Crippen LogP contribution in [0.25, 0.3) is 11.1 Å². The van der Waals surface area contributed by atoms with Crippen LogP contribution in [0.4, 0.5) is 17.1 Å². The number of nitrogens with two attached hydrogens (primary N) is 1. The summed E-state index contributed by atoms with van der Waals surface area (Å²) in [5.41, 5.74) is 9.34. The normalized spacial score (nSPS) is 10.8. The molecule has 0 amide bonds. The van der Waals surface area contributed by atoms with Crippen LogP contribution in [0.15, 0.2) is 50.1 Å². The van der Waals surface area contributed by atoms with Crippen LogP contribution >= 0.6 is 15.9 Å². The van der Waals surface area contributed by atoms with Crippen LogP contribution < -0.4 is 16.8 Å². The van der Waals surface area contributed by atoms with Gasteiger partial charge in [0.25, 0.3) is 0 Å². The number of nitrogens with one attached hydrogen (secondary N) is 2. The fourth-order valence-electron chi connectivity index (χ4n) is 1.83. The van der Waals surface area contributed by atoms with Gasteiger partial charge in [-0.05, 0) is 36.4 Å². The van der Waals surface area contributed by atoms with E-state index >= 15 is 0 Å². The lowest BCUT2D eigenvalue weighted by Crippen LogP contribution is -1.96. The zero-order valence-corrected chi connectivity index (χ0v) is 11.3. The van der Waals surface area contributed by atoms with Gasteiger partial charge in [0.05, 0.1) is 16.9 Å². The Balaban J connectivity index is 1.98. The predicted octanol–water partition coefficient (Wildman–Crippen LogP) is 3.21. The molecule has 1 heterocycles. The number of aromatic nitrogens is 1. The van der Waals surface area contributed by atoms with Gasteiger partial charge in [0.1, 0.15) is 0 Å². The monoisotopic (exact) mass is 319 g/mol. The summed E-state index contributed by atoms with van der Waals surface area (Å²) in [5, 5.41) is 3.19. The predicted molar refractivity (Wildman–Crippen MR) is 78.7 cm³/mol.